The van der Waals surface area contributed by atoms with E-state index in [0.29, 0.717) is 0 Å². The Bertz CT molecular complexity index is 1400. The first-order valence-electron chi connectivity index (χ1n) is 10.8. The van der Waals surface area contributed by atoms with Crippen LogP contribution >= 0.6 is 23.5 Å². The summed E-state index contributed by atoms with van der Waals surface area (Å²) >= 11 is 0. The van der Waals surface area contributed by atoms with Gasteiger partial charge in [0, 0.05) is 0 Å². The summed E-state index contributed by atoms with van der Waals surface area (Å²) in [5.74, 6) is -0.174. The Labute approximate surface area is 216 Å². The lowest BCUT2D eigenvalue weighted by atomic mass is 10.1. The summed E-state index contributed by atoms with van der Waals surface area (Å²) in [6.07, 6.45) is -11.1. The van der Waals surface area contributed by atoms with Gasteiger partial charge in [-0.05, 0) is 0 Å². The van der Waals surface area contributed by atoms with Gasteiger partial charge in [0.25, 0.3) is 13.6 Å². The second-order valence-electron chi connectivity index (χ2n) is 8.61. The molecule has 6 heterocycles. The molecule has 0 aromatic carbocycles. The fraction of sp³-hybridized carbons (Fsp3) is 0.667. The standard InChI is InChI=1S/C15H22N5O16P3/c16-12-7-13-18-4-19(12)14-10(23)8(21)5(33-14)1-31-38(27,28)36-39(29,30)32-2-6-9(22)11(35-37(24,25)26)15(34-6)20(13)3-17-7/h3-6,8-11,14-16,21-23H,1-2H2,(H4,24,25,26,27,28,29,30)/t5-,6-,8-,9-,10-,11-,14-,15-/m1/s1. The summed E-state index contributed by atoms with van der Waals surface area (Å²) in [6.45, 7) is -2.00. The summed E-state index contributed by atoms with van der Waals surface area (Å²) in [7, 11) is -16.3. The zero-order valence-electron chi connectivity index (χ0n) is 19.2. The molecule has 2 aromatic rings. The lowest BCUT2D eigenvalue weighted by Crippen LogP contribution is -2.48. The van der Waals surface area contributed by atoms with E-state index in [1.807, 2.05) is 0 Å². The molecule has 10 atom stereocenters. The summed E-state index contributed by atoms with van der Waals surface area (Å²) in [5, 5.41) is 31.5. The van der Waals surface area contributed by atoms with Crippen LogP contribution in [0.4, 0.5) is 5.82 Å². The third-order valence-corrected chi connectivity index (χ3v) is 9.14. The first kappa shape index (κ1) is 29.0. The molecule has 6 rings (SSSR count). The molecule has 0 spiro atoms. The molecule has 2 fully saturated rings. The SMILES string of the molecule is Nc1c2ncn3c2nc[n+]1[C@@H]1O[C@H](COP(=O)(O)OP(=O)([O-])OC[C@H]2O[C@@H]3[C@H](OP(=O)(O)O)[C@@H]2O)[C@@H](O)[C@H]1O. The van der Waals surface area contributed by atoms with E-state index < -0.39 is 85.8 Å². The van der Waals surface area contributed by atoms with Crippen molar-refractivity contribution in [2.24, 2.45) is 0 Å². The highest BCUT2D eigenvalue weighted by Gasteiger charge is 2.51. The average Bonchev–Trinajstić information content (AvgIpc) is 3.46. The minimum Gasteiger partial charge on any atom is -0.756 e. The quantitative estimate of drug-likeness (QED) is 0.125. The minimum atomic E-state index is -5.64. The first-order valence-corrected chi connectivity index (χ1v) is 15.3. The summed E-state index contributed by atoms with van der Waals surface area (Å²) in [5.41, 5.74) is 6.08. The molecule has 39 heavy (non-hydrogen) atoms. The number of phosphoric acid groups is 3. The molecule has 0 amide bonds. The zero-order chi connectivity index (χ0) is 28.5. The van der Waals surface area contributed by atoms with Gasteiger partial charge in [-0.1, -0.05) is 4.98 Å². The van der Waals surface area contributed by atoms with Crippen LogP contribution < -0.4 is 15.2 Å². The van der Waals surface area contributed by atoms with Gasteiger partial charge in [-0.3, -0.25) is 18.2 Å². The number of anilines is 1. The van der Waals surface area contributed by atoms with Crippen molar-refractivity contribution in [1.82, 2.24) is 14.5 Å². The molecule has 2 aromatic heterocycles. The lowest BCUT2D eigenvalue weighted by Gasteiger charge is -2.26. The number of hydrogen-bond acceptors (Lipinski definition) is 16. The van der Waals surface area contributed by atoms with Gasteiger partial charge in [-0.15, -0.1) is 0 Å². The van der Waals surface area contributed by atoms with E-state index in [1.54, 1.807) is 0 Å². The average molecular weight is 621 g/mol. The van der Waals surface area contributed by atoms with E-state index in [-0.39, 0.29) is 17.0 Å². The molecule has 21 nitrogen and oxygen atoms in total. The van der Waals surface area contributed by atoms with Gasteiger partial charge in [-0.2, -0.15) is 0 Å². The van der Waals surface area contributed by atoms with Crippen molar-refractivity contribution in [1.29, 1.82) is 0 Å². The third kappa shape index (κ3) is 5.68. The van der Waals surface area contributed by atoms with Crippen LogP contribution in [0.3, 0.4) is 0 Å². The molecule has 0 saturated carbocycles. The van der Waals surface area contributed by atoms with Gasteiger partial charge in [0.05, 0.1) is 13.2 Å². The van der Waals surface area contributed by atoms with Crippen LogP contribution in [0.15, 0.2) is 12.7 Å². The van der Waals surface area contributed by atoms with Crippen LogP contribution in [-0.4, -0.2) is 94.4 Å². The largest absolute Gasteiger partial charge is 0.756 e. The second kappa shape index (κ2) is 10.1. The molecule has 0 radical (unpaired) electrons. The summed E-state index contributed by atoms with van der Waals surface area (Å²) in [6, 6.07) is 0. The topological polar surface area (TPSA) is 312 Å². The molecule has 8 bridgehead atoms. The maximum atomic E-state index is 12.2. The Kier molecular flexibility index (Phi) is 7.52. The number of aliphatic hydroxyl groups excluding tert-OH is 3. The van der Waals surface area contributed by atoms with E-state index in [4.69, 9.17) is 15.2 Å². The number of nitrogens with two attached hydrogens (primary N) is 1. The van der Waals surface area contributed by atoms with E-state index in [0.717, 1.165) is 21.8 Å². The fourth-order valence-corrected chi connectivity index (χ4v) is 6.91. The Morgan fingerprint density at radius 3 is 2.46 bits per heavy atom. The fourth-order valence-electron chi connectivity index (χ4n) is 4.31. The molecular weight excluding hydrogens is 599 g/mol. The monoisotopic (exact) mass is 621 g/mol. The number of nitrogens with zero attached hydrogens (tertiary/aromatic N) is 4. The van der Waals surface area contributed by atoms with E-state index >= 15 is 0 Å². The highest BCUT2D eigenvalue weighted by molar-refractivity contribution is 7.60. The van der Waals surface area contributed by atoms with Crippen molar-refractivity contribution in [3.05, 3.63) is 12.7 Å². The van der Waals surface area contributed by atoms with Crippen molar-refractivity contribution in [2.75, 3.05) is 18.9 Å². The highest BCUT2D eigenvalue weighted by Crippen LogP contribution is 2.58. The highest BCUT2D eigenvalue weighted by atomic mass is 31.3. The van der Waals surface area contributed by atoms with Gasteiger partial charge in [0.2, 0.25) is 18.2 Å². The van der Waals surface area contributed by atoms with Crippen LogP contribution in [0.5, 0.6) is 0 Å². The number of fused-ring (bicyclic) bond motifs is 7. The van der Waals surface area contributed by atoms with Gasteiger partial charge in [-0.25, -0.2) is 23.0 Å². The summed E-state index contributed by atoms with van der Waals surface area (Å²) in [4.78, 5) is 49.0. The van der Waals surface area contributed by atoms with Gasteiger partial charge >= 0.3 is 15.6 Å². The van der Waals surface area contributed by atoms with Crippen LogP contribution in [0.1, 0.15) is 12.5 Å². The molecule has 2 unspecified atom stereocenters. The molecule has 218 valence electrons. The Morgan fingerprint density at radius 2 is 1.77 bits per heavy atom. The molecule has 4 aliphatic rings. The number of hydrogen-bond donors (Lipinski definition) is 7. The lowest BCUT2D eigenvalue weighted by molar-refractivity contribution is -0.755. The van der Waals surface area contributed by atoms with Crippen LogP contribution in [0.2, 0.25) is 0 Å². The van der Waals surface area contributed by atoms with Crippen LogP contribution in [0.25, 0.3) is 11.2 Å². The van der Waals surface area contributed by atoms with Crippen molar-refractivity contribution in [3.63, 3.8) is 0 Å². The first-order chi connectivity index (χ1) is 18.1. The van der Waals surface area contributed by atoms with Crippen LogP contribution in [-0.2, 0) is 41.1 Å². The van der Waals surface area contributed by atoms with Gasteiger partial charge in [0.1, 0.15) is 43.0 Å². The Balaban J connectivity index is 1.60. The predicted octanol–water partition coefficient (Wildman–Crippen LogP) is -3.71. The molecule has 8 N–H and O–H groups in total. The van der Waals surface area contributed by atoms with Crippen molar-refractivity contribution in [2.45, 2.75) is 49.1 Å². The maximum Gasteiger partial charge on any atom is 0.478 e. The van der Waals surface area contributed by atoms with E-state index in [1.165, 1.54) is 0 Å². The number of rotatable bonds is 2. The van der Waals surface area contributed by atoms with E-state index in [9.17, 15) is 48.6 Å². The van der Waals surface area contributed by atoms with Crippen LogP contribution in [0, 0.1) is 0 Å². The summed E-state index contributed by atoms with van der Waals surface area (Å²) < 4.78 is 67.1. The molecule has 4 aliphatic heterocycles. The van der Waals surface area contributed by atoms with Gasteiger partial charge in [0.15, 0.2) is 11.7 Å². The third-order valence-electron chi connectivity index (χ3n) is 6.05. The van der Waals surface area contributed by atoms with Crippen molar-refractivity contribution < 1.29 is 80.5 Å². The maximum absolute atomic E-state index is 12.2. The number of ether oxygens (including phenoxy) is 2. The predicted molar refractivity (Wildman–Crippen MR) is 115 cm³/mol. The Morgan fingerprint density at radius 1 is 1.10 bits per heavy atom. The second-order valence-corrected chi connectivity index (χ2v) is 12.8. The molecule has 2 saturated heterocycles. The number of aromatic nitrogens is 4. The number of phosphoric ester groups is 3. The number of nitrogen functional groups attached to an aromatic ring is 1. The van der Waals surface area contributed by atoms with Gasteiger partial charge < -0.3 is 54.6 Å². The molecule has 0 aliphatic carbocycles. The minimum absolute atomic E-state index is 0.0476. The zero-order valence-corrected chi connectivity index (χ0v) is 21.8. The Hall–Kier alpha value is -1.48. The molecule has 24 heteroatoms. The number of imidazole rings is 1. The van der Waals surface area contributed by atoms with Crippen molar-refractivity contribution >= 4 is 40.4 Å². The normalized spacial score (nSPS) is 41.7. The van der Waals surface area contributed by atoms with Crippen molar-refractivity contribution in [3.8, 4) is 0 Å². The van der Waals surface area contributed by atoms with E-state index in [2.05, 4.69) is 27.8 Å². The molecular formula is C15H22N5O16P3. The smallest absolute Gasteiger partial charge is 0.478 e. The number of aliphatic hydroxyl groups is 3.